The average Bonchev–Trinajstić information content (AvgIpc) is 2.59. The van der Waals surface area contributed by atoms with Crippen LogP contribution in [0.1, 0.15) is 0 Å². The lowest BCUT2D eigenvalue weighted by molar-refractivity contribution is 0.00708. The number of benzene rings is 1. The second-order valence-corrected chi connectivity index (χ2v) is 5.13. The van der Waals surface area contributed by atoms with Gasteiger partial charge < -0.3 is 28.1 Å². The van der Waals surface area contributed by atoms with Crippen molar-refractivity contribution < 1.29 is 28.1 Å². The molecule has 1 aromatic heterocycles. The van der Waals surface area contributed by atoms with Crippen LogP contribution in [-0.2, 0) is 14.2 Å². The summed E-state index contributed by atoms with van der Waals surface area (Å²) in [4.78, 5) is 11.4. The Morgan fingerprint density at radius 2 is 1.21 bits per heavy atom. The Bertz CT molecular complexity index is 710. The lowest BCUT2D eigenvalue weighted by Crippen LogP contribution is -2.13. The van der Waals surface area contributed by atoms with Gasteiger partial charge >= 0.3 is 5.63 Å². The zero-order chi connectivity index (χ0) is 16.6. The standard InChI is InChI=1S/C17H20O7/c18-17-2-1-13-11-15-16(12-14(13)24-17)23-10-8-21-6-4-19-3-5-20-7-9-22-15/h1-2,11-12H,3-10H2. The highest BCUT2D eigenvalue weighted by molar-refractivity contribution is 5.80. The largest absolute Gasteiger partial charge is 0.487 e. The van der Waals surface area contributed by atoms with Gasteiger partial charge in [-0.3, -0.25) is 0 Å². The zero-order valence-electron chi connectivity index (χ0n) is 13.3. The Labute approximate surface area is 139 Å². The van der Waals surface area contributed by atoms with Gasteiger partial charge in [0.25, 0.3) is 0 Å². The normalized spacial score (nSPS) is 17.8. The van der Waals surface area contributed by atoms with E-state index in [9.17, 15) is 4.79 Å². The Hall–Kier alpha value is -2.09. The van der Waals surface area contributed by atoms with E-state index in [0.29, 0.717) is 69.9 Å². The van der Waals surface area contributed by atoms with Crippen molar-refractivity contribution in [1.29, 1.82) is 0 Å². The lowest BCUT2D eigenvalue weighted by atomic mass is 10.2. The number of hydrogen-bond donors (Lipinski definition) is 0. The molecule has 0 saturated heterocycles. The minimum Gasteiger partial charge on any atom is -0.487 e. The molecule has 2 aromatic rings. The van der Waals surface area contributed by atoms with Gasteiger partial charge in [0.15, 0.2) is 11.5 Å². The summed E-state index contributed by atoms with van der Waals surface area (Å²) in [6.07, 6.45) is 0. The highest BCUT2D eigenvalue weighted by Crippen LogP contribution is 2.32. The average molecular weight is 336 g/mol. The van der Waals surface area contributed by atoms with E-state index in [1.54, 1.807) is 18.2 Å². The molecule has 0 N–H and O–H groups in total. The number of fused-ring (bicyclic) bond motifs is 2. The molecule has 24 heavy (non-hydrogen) atoms. The Kier molecular flexibility index (Phi) is 6.06. The summed E-state index contributed by atoms with van der Waals surface area (Å²) in [7, 11) is 0. The molecular weight excluding hydrogens is 316 g/mol. The summed E-state index contributed by atoms with van der Waals surface area (Å²) in [5.41, 5.74) is 0.0468. The van der Waals surface area contributed by atoms with Gasteiger partial charge in [0, 0.05) is 17.5 Å². The van der Waals surface area contributed by atoms with Crippen LogP contribution in [-0.4, -0.2) is 52.9 Å². The first kappa shape index (κ1) is 16.8. The van der Waals surface area contributed by atoms with Crippen molar-refractivity contribution in [3.8, 4) is 11.5 Å². The second kappa shape index (κ2) is 8.68. The molecule has 0 saturated carbocycles. The van der Waals surface area contributed by atoms with Crippen LogP contribution >= 0.6 is 0 Å². The number of rotatable bonds is 0. The highest BCUT2D eigenvalue weighted by atomic mass is 16.6. The first-order chi connectivity index (χ1) is 11.8. The summed E-state index contributed by atoms with van der Waals surface area (Å²) in [6, 6.07) is 6.51. The molecule has 7 heteroatoms. The van der Waals surface area contributed by atoms with Crippen molar-refractivity contribution in [3.63, 3.8) is 0 Å². The lowest BCUT2D eigenvalue weighted by Gasteiger charge is -2.13. The van der Waals surface area contributed by atoms with E-state index in [1.165, 1.54) is 6.07 Å². The Morgan fingerprint density at radius 3 is 1.83 bits per heavy atom. The van der Waals surface area contributed by atoms with Crippen LogP contribution in [0.25, 0.3) is 11.0 Å². The van der Waals surface area contributed by atoms with E-state index >= 15 is 0 Å². The second-order valence-electron chi connectivity index (χ2n) is 5.13. The molecule has 1 aromatic carbocycles. The van der Waals surface area contributed by atoms with Crippen molar-refractivity contribution in [2.75, 3.05) is 52.9 Å². The van der Waals surface area contributed by atoms with Crippen LogP contribution in [0.4, 0.5) is 0 Å². The first-order valence-electron chi connectivity index (χ1n) is 7.90. The van der Waals surface area contributed by atoms with Crippen molar-refractivity contribution in [2.45, 2.75) is 0 Å². The summed E-state index contributed by atoms with van der Waals surface area (Å²) in [5.74, 6) is 1.08. The number of hydrogen-bond acceptors (Lipinski definition) is 7. The van der Waals surface area contributed by atoms with Crippen LogP contribution in [0, 0.1) is 0 Å². The molecule has 1 aliphatic heterocycles. The van der Waals surface area contributed by atoms with Gasteiger partial charge in [-0.25, -0.2) is 4.79 Å². The summed E-state index contributed by atoms with van der Waals surface area (Å²) in [6.45, 7) is 3.67. The van der Waals surface area contributed by atoms with Gasteiger partial charge in [-0.05, 0) is 12.1 Å². The number of ether oxygens (including phenoxy) is 5. The fourth-order valence-corrected chi connectivity index (χ4v) is 2.26. The molecule has 1 aliphatic rings. The van der Waals surface area contributed by atoms with Crippen molar-refractivity contribution >= 4 is 11.0 Å². The maximum Gasteiger partial charge on any atom is 0.336 e. The van der Waals surface area contributed by atoms with Gasteiger partial charge in [0.2, 0.25) is 0 Å². The van der Waals surface area contributed by atoms with Gasteiger partial charge in [-0.15, -0.1) is 0 Å². The Balaban J connectivity index is 1.79. The van der Waals surface area contributed by atoms with Crippen LogP contribution in [0.5, 0.6) is 11.5 Å². The third-order valence-electron chi connectivity index (χ3n) is 3.40. The third kappa shape index (κ3) is 4.70. The predicted octanol–water partition coefficient (Wildman–Crippen LogP) is 1.61. The van der Waals surface area contributed by atoms with Gasteiger partial charge in [-0.2, -0.15) is 0 Å². The molecule has 0 bridgehead atoms. The molecule has 0 spiro atoms. The predicted molar refractivity (Wildman–Crippen MR) is 85.9 cm³/mol. The van der Waals surface area contributed by atoms with Crippen LogP contribution < -0.4 is 15.1 Å². The quantitative estimate of drug-likeness (QED) is 0.677. The molecule has 2 heterocycles. The molecule has 0 unspecified atom stereocenters. The van der Waals surface area contributed by atoms with E-state index < -0.39 is 5.63 Å². The smallest absolute Gasteiger partial charge is 0.336 e. The Morgan fingerprint density at radius 1 is 0.667 bits per heavy atom. The minimum atomic E-state index is -0.405. The van der Waals surface area contributed by atoms with Crippen LogP contribution in [0.15, 0.2) is 33.5 Å². The topological polar surface area (TPSA) is 76.4 Å². The molecule has 0 amide bonds. The molecule has 0 aliphatic carbocycles. The molecule has 130 valence electrons. The maximum absolute atomic E-state index is 11.4. The fraction of sp³-hybridized carbons (Fsp3) is 0.471. The summed E-state index contributed by atoms with van der Waals surface area (Å²) < 4.78 is 32.9. The fourth-order valence-electron chi connectivity index (χ4n) is 2.26. The first-order valence-corrected chi connectivity index (χ1v) is 7.90. The zero-order valence-corrected chi connectivity index (χ0v) is 13.3. The van der Waals surface area contributed by atoms with Gasteiger partial charge in [0.1, 0.15) is 18.8 Å². The van der Waals surface area contributed by atoms with Crippen molar-refractivity contribution in [1.82, 2.24) is 0 Å². The highest BCUT2D eigenvalue weighted by Gasteiger charge is 2.10. The molecular formula is C17H20O7. The van der Waals surface area contributed by atoms with Gasteiger partial charge in [0.05, 0.1) is 39.6 Å². The molecule has 0 fully saturated rings. The van der Waals surface area contributed by atoms with E-state index in [4.69, 9.17) is 28.1 Å². The van der Waals surface area contributed by atoms with Crippen LogP contribution in [0.2, 0.25) is 0 Å². The van der Waals surface area contributed by atoms with Crippen molar-refractivity contribution in [2.24, 2.45) is 0 Å². The SMILES string of the molecule is O=c1ccc2cc3c(cc2o1)OCCOCCOCCOCCO3. The minimum absolute atomic E-state index is 0.357. The van der Waals surface area contributed by atoms with E-state index in [2.05, 4.69) is 0 Å². The summed E-state index contributed by atoms with van der Waals surface area (Å²) in [5, 5.41) is 0.764. The monoisotopic (exact) mass is 336 g/mol. The maximum atomic E-state index is 11.4. The van der Waals surface area contributed by atoms with Crippen molar-refractivity contribution in [3.05, 3.63) is 34.7 Å². The third-order valence-corrected chi connectivity index (χ3v) is 3.40. The molecule has 3 rings (SSSR count). The molecule has 0 radical (unpaired) electrons. The van der Waals surface area contributed by atoms with Gasteiger partial charge in [-0.1, -0.05) is 0 Å². The van der Waals surface area contributed by atoms with E-state index in [-0.39, 0.29) is 0 Å². The molecule has 0 atom stereocenters. The molecule has 7 nitrogen and oxygen atoms in total. The van der Waals surface area contributed by atoms with E-state index in [0.717, 1.165) is 5.39 Å². The van der Waals surface area contributed by atoms with Crippen LogP contribution in [0.3, 0.4) is 0 Å². The van der Waals surface area contributed by atoms with E-state index in [1.807, 2.05) is 0 Å². The summed E-state index contributed by atoms with van der Waals surface area (Å²) >= 11 is 0.